The number of aromatic nitrogens is 1. The fraction of sp³-hybridized carbons (Fsp3) is 0.375. The van der Waals surface area contributed by atoms with Crippen molar-refractivity contribution in [3.63, 3.8) is 0 Å². The quantitative estimate of drug-likeness (QED) is 0.634. The Balaban J connectivity index is 2.51. The van der Waals surface area contributed by atoms with Crippen LogP contribution in [-0.4, -0.2) is 17.6 Å². The van der Waals surface area contributed by atoms with Gasteiger partial charge in [0.2, 0.25) is 0 Å². The number of nitrogens with two attached hydrogens (primary N) is 2. The summed E-state index contributed by atoms with van der Waals surface area (Å²) >= 11 is 0. The minimum atomic E-state index is 0.0670. The molecule has 1 unspecified atom stereocenters. The van der Waals surface area contributed by atoms with Gasteiger partial charge in [-0.25, -0.2) is 0 Å². The normalized spacial score (nSPS) is 12.9. The standard InChI is InChI=1S/C8H13N3/c9-6-8(10)5-7-1-3-11-4-2-7/h1-4,8H,5-6,9-10H2. The van der Waals surface area contributed by atoms with Gasteiger partial charge in [-0.1, -0.05) is 0 Å². The van der Waals surface area contributed by atoms with Crippen LogP contribution in [0.15, 0.2) is 24.5 Å². The third-order valence-electron chi connectivity index (χ3n) is 1.55. The molecule has 1 rings (SSSR count). The van der Waals surface area contributed by atoms with Crippen LogP contribution in [0, 0.1) is 0 Å². The highest BCUT2D eigenvalue weighted by atomic mass is 14.7. The van der Waals surface area contributed by atoms with Crippen molar-refractivity contribution < 1.29 is 0 Å². The first-order chi connectivity index (χ1) is 5.33. The van der Waals surface area contributed by atoms with Crippen molar-refractivity contribution in [2.75, 3.05) is 6.54 Å². The first kappa shape index (κ1) is 8.17. The van der Waals surface area contributed by atoms with Crippen molar-refractivity contribution >= 4 is 0 Å². The minimum absolute atomic E-state index is 0.0670. The number of rotatable bonds is 3. The van der Waals surface area contributed by atoms with E-state index >= 15 is 0 Å². The smallest absolute Gasteiger partial charge is 0.0270 e. The average Bonchev–Trinajstić information content (AvgIpc) is 2.06. The molecule has 4 N–H and O–H groups in total. The molecular weight excluding hydrogens is 138 g/mol. The van der Waals surface area contributed by atoms with Gasteiger partial charge < -0.3 is 11.5 Å². The van der Waals surface area contributed by atoms with Gasteiger partial charge >= 0.3 is 0 Å². The van der Waals surface area contributed by atoms with Crippen molar-refractivity contribution in [3.8, 4) is 0 Å². The van der Waals surface area contributed by atoms with Gasteiger partial charge in [0.15, 0.2) is 0 Å². The zero-order valence-corrected chi connectivity index (χ0v) is 6.40. The summed E-state index contributed by atoms with van der Waals surface area (Å²) in [4.78, 5) is 3.91. The third kappa shape index (κ3) is 2.65. The molecule has 0 aliphatic rings. The van der Waals surface area contributed by atoms with Gasteiger partial charge in [0.25, 0.3) is 0 Å². The molecule has 3 nitrogen and oxygen atoms in total. The maximum Gasteiger partial charge on any atom is 0.0270 e. The number of hydrogen-bond acceptors (Lipinski definition) is 3. The molecule has 0 aliphatic heterocycles. The second-order valence-corrected chi connectivity index (χ2v) is 2.56. The second kappa shape index (κ2) is 4.05. The van der Waals surface area contributed by atoms with Gasteiger partial charge in [-0.3, -0.25) is 4.98 Å². The van der Waals surface area contributed by atoms with Crippen LogP contribution in [0.1, 0.15) is 5.56 Å². The van der Waals surface area contributed by atoms with Gasteiger partial charge in [0.05, 0.1) is 0 Å². The van der Waals surface area contributed by atoms with E-state index in [2.05, 4.69) is 4.98 Å². The van der Waals surface area contributed by atoms with E-state index in [0.29, 0.717) is 6.54 Å². The molecule has 0 fully saturated rings. The molecule has 0 amide bonds. The molecule has 1 aromatic rings. The number of pyridine rings is 1. The Kier molecular flexibility index (Phi) is 3.01. The fourth-order valence-corrected chi connectivity index (χ4v) is 0.905. The third-order valence-corrected chi connectivity index (χ3v) is 1.55. The second-order valence-electron chi connectivity index (χ2n) is 2.56. The molecule has 0 bridgehead atoms. The lowest BCUT2D eigenvalue weighted by molar-refractivity contribution is 0.678. The fourth-order valence-electron chi connectivity index (χ4n) is 0.905. The average molecular weight is 151 g/mol. The Hall–Kier alpha value is -0.930. The summed E-state index contributed by atoms with van der Waals surface area (Å²) in [5.74, 6) is 0. The summed E-state index contributed by atoms with van der Waals surface area (Å²) < 4.78 is 0. The van der Waals surface area contributed by atoms with E-state index in [0.717, 1.165) is 6.42 Å². The van der Waals surface area contributed by atoms with Crippen molar-refractivity contribution in [3.05, 3.63) is 30.1 Å². The zero-order chi connectivity index (χ0) is 8.10. The molecule has 0 saturated heterocycles. The summed E-state index contributed by atoms with van der Waals surface area (Å²) in [5.41, 5.74) is 12.2. The van der Waals surface area contributed by atoms with E-state index in [-0.39, 0.29) is 6.04 Å². The zero-order valence-electron chi connectivity index (χ0n) is 6.40. The molecule has 0 aromatic carbocycles. The highest BCUT2D eigenvalue weighted by molar-refractivity contribution is 5.11. The molecule has 0 spiro atoms. The molecule has 1 atom stereocenters. The van der Waals surface area contributed by atoms with Gasteiger partial charge in [0.1, 0.15) is 0 Å². The van der Waals surface area contributed by atoms with Crippen LogP contribution in [0.25, 0.3) is 0 Å². The Morgan fingerprint density at radius 2 is 2.00 bits per heavy atom. The van der Waals surface area contributed by atoms with Crippen molar-refractivity contribution in [2.45, 2.75) is 12.5 Å². The van der Waals surface area contributed by atoms with Crippen LogP contribution in [0.2, 0.25) is 0 Å². The minimum Gasteiger partial charge on any atom is -0.329 e. The first-order valence-corrected chi connectivity index (χ1v) is 3.67. The van der Waals surface area contributed by atoms with Crippen molar-refractivity contribution in [2.24, 2.45) is 11.5 Å². The monoisotopic (exact) mass is 151 g/mol. The predicted octanol–water partition coefficient (Wildman–Crippen LogP) is -0.0899. The summed E-state index contributed by atoms with van der Waals surface area (Å²) in [7, 11) is 0. The van der Waals surface area contributed by atoms with Crippen molar-refractivity contribution in [1.82, 2.24) is 4.98 Å². The van der Waals surface area contributed by atoms with Crippen LogP contribution < -0.4 is 11.5 Å². The lowest BCUT2D eigenvalue weighted by Crippen LogP contribution is -2.31. The van der Waals surface area contributed by atoms with E-state index in [1.807, 2.05) is 12.1 Å². The molecule has 11 heavy (non-hydrogen) atoms. The first-order valence-electron chi connectivity index (χ1n) is 3.67. The summed E-state index contributed by atoms with van der Waals surface area (Å²) in [6, 6.07) is 3.97. The molecule has 0 radical (unpaired) electrons. The Bertz CT molecular complexity index is 198. The Labute approximate surface area is 66.4 Å². The largest absolute Gasteiger partial charge is 0.329 e. The highest BCUT2D eigenvalue weighted by Crippen LogP contribution is 1.98. The van der Waals surface area contributed by atoms with Crippen LogP contribution in [0.4, 0.5) is 0 Å². The summed E-state index contributed by atoms with van der Waals surface area (Å²) in [5, 5.41) is 0. The van der Waals surface area contributed by atoms with Crippen LogP contribution in [0.5, 0.6) is 0 Å². The van der Waals surface area contributed by atoms with Gasteiger partial charge in [-0.05, 0) is 24.1 Å². The molecule has 0 aliphatic carbocycles. The molecule has 3 heteroatoms. The Morgan fingerprint density at radius 3 is 2.55 bits per heavy atom. The van der Waals surface area contributed by atoms with E-state index in [4.69, 9.17) is 11.5 Å². The SMILES string of the molecule is NCC(N)Cc1ccncc1. The van der Waals surface area contributed by atoms with Gasteiger partial charge in [0, 0.05) is 25.0 Å². The van der Waals surface area contributed by atoms with Crippen molar-refractivity contribution in [1.29, 1.82) is 0 Å². The van der Waals surface area contributed by atoms with Crippen LogP contribution in [0.3, 0.4) is 0 Å². The number of hydrogen-bond donors (Lipinski definition) is 2. The summed E-state index contributed by atoms with van der Waals surface area (Å²) in [6.07, 6.45) is 4.36. The summed E-state index contributed by atoms with van der Waals surface area (Å²) in [6.45, 7) is 0.530. The molecule has 1 heterocycles. The predicted molar refractivity (Wildman–Crippen MR) is 45.0 cm³/mol. The lowest BCUT2D eigenvalue weighted by atomic mass is 10.1. The van der Waals surface area contributed by atoms with E-state index < -0.39 is 0 Å². The molecule has 1 aromatic heterocycles. The van der Waals surface area contributed by atoms with Crippen LogP contribution >= 0.6 is 0 Å². The molecule has 0 saturated carbocycles. The van der Waals surface area contributed by atoms with Crippen LogP contribution in [-0.2, 0) is 6.42 Å². The van der Waals surface area contributed by atoms with E-state index in [1.54, 1.807) is 12.4 Å². The highest BCUT2D eigenvalue weighted by Gasteiger charge is 1.99. The maximum atomic E-state index is 5.66. The molecular formula is C8H13N3. The van der Waals surface area contributed by atoms with E-state index in [9.17, 15) is 0 Å². The van der Waals surface area contributed by atoms with Gasteiger partial charge in [-0.15, -0.1) is 0 Å². The lowest BCUT2D eigenvalue weighted by Gasteiger charge is -2.06. The van der Waals surface area contributed by atoms with Gasteiger partial charge in [-0.2, -0.15) is 0 Å². The topological polar surface area (TPSA) is 64.9 Å². The van der Waals surface area contributed by atoms with E-state index in [1.165, 1.54) is 5.56 Å². The molecule has 60 valence electrons. The number of nitrogens with zero attached hydrogens (tertiary/aromatic N) is 1. The Morgan fingerprint density at radius 1 is 1.36 bits per heavy atom. The maximum absolute atomic E-state index is 5.66.